The summed E-state index contributed by atoms with van der Waals surface area (Å²) in [7, 11) is 1.94. The number of hydrogen-bond acceptors (Lipinski definition) is 3. The third-order valence-corrected chi connectivity index (χ3v) is 3.67. The van der Waals surface area contributed by atoms with Gasteiger partial charge < -0.3 is 9.73 Å². The Morgan fingerprint density at radius 2 is 2.06 bits per heavy atom. The molecule has 3 nitrogen and oxygen atoms in total. The second kappa shape index (κ2) is 5.69. The average Bonchev–Trinajstić information content (AvgIpc) is 2.72. The van der Waals surface area contributed by atoms with Gasteiger partial charge in [0.1, 0.15) is 11.5 Å². The van der Waals surface area contributed by atoms with Crippen LogP contribution in [-0.2, 0) is 13.1 Å². The molecule has 1 aromatic rings. The Morgan fingerprint density at radius 3 is 2.82 bits per heavy atom. The van der Waals surface area contributed by atoms with Crippen LogP contribution in [0.3, 0.4) is 0 Å². The van der Waals surface area contributed by atoms with Crippen molar-refractivity contribution >= 4 is 0 Å². The molecule has 2 heterocycles. The molecule has 0 aliphatic carbocycles. The number of hydrogen-bond donors (Lipinski definition) is 1. The van der Waals surface area contributed by atoms with Gasteiger partial charge in [-0.1, -0.05) is 6.92 Å². The smallest absolute Gasteiger partial charge is 0.118 e. The Kier molecular flexibility index (Phi) is 4.24. The first kappa shape index (κ1) is 12.7. The quantitative estimate of drug-likeness (QED) is 0.871. The van der Waals surface area contributed by atoms with Crippen molar-refractivity contribution in [3.8, 4) is 0 Å². The minimum Gasteiger partial charge on any atom is -0.463 e. The van der Waals surface area contributed by atoms with E-state index in [1.165, 1.54) is 19.4 Å². The number of piperidine rings is 1. The standard InChI is InChI=1S/C14H24N2O/c1-11-4-5-12(2)16(9-11)10-14-7-6-13(17-14)8-15-3/h6-7,11-12,15H,4-5,8-10H2,1-3H3. The van der Waals surface area contributed by atoms with Gasteiger partial charge in [0.05, 0.1) is 13.1 Å². The maximum Gasteiger partial charge on any atom is 0.118 e. The normalized spacial score (nSPS) is 26.3. The van der Waals surface area contributed by atoms with E-state index in [2.05, 4.69) is 36.2 Å². The molecule has 96 valence electrons. The maximum absolute atomic E-state index is 5.81. The van der Waals surface area contributed by atoms with Crippen molar-refractivity contribution in [1.29, 1.82) is 0 Å². The fourth-order valence-corrected chi connectivity index (χ4v) is 2.58. The molecular formula is C14H24N2O. The molecular weight excluding hydrogens is 212 g/mol. The number of nitrogens with one attached hydrogen (secondary N) is 1. The topological polar surface area (TPSA) is 28.4 Å². The summed E-state index contributed by atoms with van der Waals surface area (Å²) >= 11 is 0. The van der Waals surface area contributed by atoms with Crippen LogP contribution < -0.4 is 5.32 Å². The van der Waals surface area contributed by atoms with Crippen LogP contribution in [0.25, 0.3) is 0 Å². The van der Waals surface area contributed by atoms with E-state index in [-0.39, 0.29) is 0 Å². The van der Waals surface area contributed by atoms with Crippen LogP contribution in [0.4, 0.5) is 0 Å². The second-order valence-electron chi connectivity index (χ2n) is 5.36. The minimum atomic E-state index is 0.684. The fourth-order valence-electron chi connectivity index (χ4n) is 2.58. The van der Waals surface area contributed by atoms with E-state index in [1.807, 2.05) is 7.05 Å². The highest BCUT2D eigenvalue weighted by atomic mass is 16.3. The van der Waals surface area contributed by atoms with Gasteiger partial charge in [-0.3, -0.25) is 4.90 Å². The molecule has 1 fully saturated rings. The van der Waals surface area contributed by atoms with Gasteiger partial charge in [-0.05, 0) is 44.9 Å². The van der Waals surface area contributed by atoms with Crippen molar-refractivity contribution < 1.29 is 4.42 Å². The molecule has 0 radical (unpaired) electrons. The number of furan rings is 1. The lowest BCUT2D eigenvalue weighted by molar-refractivity contribution is 0.108. The summed E-state index contributed by atoms with van der Waals surface area (Å²) < 4.78 is 5.81. The molecule has 2 rings (SSSR count). The van der Waals surface area contributed by atoms with Crippen LogP contribution in [0.2, 0.25) is 0 Å². The molecule has 1 aliphatic rings. The van der Waals surface area contributed by atoms with Gasteiger partial charge >= 0.3 is 0 Å². The van der Waals surface area contributed by atoms with Crippen LogP contribution in [0.1, 0.15) is 38.2 Å². The first-order chi connectivity index (χ1) is 8.19. The highest BCUT2D eigenvalue weighted by Gasteiger charge is 2.23. The minimum absolute atomic E-state index is 0.684. The maximum atomic E-state index is 5.81. The lowest BCUT2D eigenvalue weighted by Gasteiger charge is -2.36. The Labute approximate surface area is 104 Å². The number of rotatable bonds is 4. The van der Waals surface area contributed by atoms with Gasteiger partial charge in [0.2, 0.25) is 0 Å². The molecule has 2 unspecified atom stereocenters. The highest BCUT2D eigenvalue weighted by molar-refractivity contribution is 5.07. The largest absolute Gasteiger partial charge is 0.463 e. The Hall–Kier alpha value is -0.800. The molecule has 0 amide bonds. The van der Waals surface area contributed by atoms with Crippen LogP contribution in [-0.4, -0.2) is 24.5 Å². The van der Waals surface area contributed by atoms with Gasteiger partial charge in [-0.25, -0.2) is 0 Å². The van der Waals surface area contributed by atoms with Crippen molar-refractivity contribution in [3.63, 3.8) is 0 Å². The molecule has 0 saturated carbocycles. The van der Waals surface area contributed by atoms with Gasteiger partial charge in [-0.15, -0.1) is 0 Å². The van der Waals surface area contributed by atoms with Crippen molar-refractivity contribution in [3.05, 3.63) is 23.7 Å². The molecule has 0 aromatic carbocycles. The monoisotopic (exact) mass is 236 g/mol. The Balaban J connectivity index is 1.94. The predicted octanol–water partition coefficient (Wildman–Crippen LogP) is 2.62. The molecule has 0 bridgehead atoms. The molecule has 1 N–H and O–H groups in total. The summed E-state index contributed by atoms with van der Waals surface area (Å²) in [5.74, 6) is 2.94. The Bertz CT molecular complexity index is 348. The highest BCUT2D eigenvalue weighted by Crippen LogP contribution is 2.23. The van der Waals surface area contributed by atoms with E-state index < -0.39 is 0 Å². The molecule has 0 spiro atoms. The lowest BCUT2D eigenvalue weighted by Crippen LogP contribution is -2.40. The van der Waals surface area contributed by atoms with Gasteiger partial charge in [0.15, 0.2) is 0 Å². The van der Waals surface area contributed by atoms with Crippen molar-refractivity contribution in [2.24, 2.45) is 5.92 Å². The van der Waals surface area contributed by atoms with Crippen molar-refractivity contribution in [1.82, 2.24) is 10.2 Å². The SMILES string of the molecule is CNCc1ccc(CN2CC(C)CCC2C)o1. The van der Waals surface area contributed by atoms with E-state index in [4.69, 9.17) is 4.42 Å². The summed E-state index contributed by atoms with van der Waals surface area (Å²) in [5, 5.41) is 3.11. The summed E-state index contributed by atoms with van der Waals surface area (Å²) in [6.45, 7) is 7.63. The van der Waals surface area contributed by atoms with E-state index in [9.17, 15) is 0 Å². The number of nitrogens with zero attached hydrogens (tertiary/aromatic N) is 1. The van der Waals surface area contributed by atoms with Gasteiger partial charge in [-0.2, -0.15) is 0 Å². The average molecular weight is 236 g/mol. The van der Waals surface area contributed by atoms with Crippen LogP contribution in [0.5, 0.6) is 0 Å². The Morgan fingerprint density at radius 1 is 1.29 bits per heavy atom. The summed E-state index contributed by atoms with van der Waals surface area (Å²) in [4.78, 5) is 2.54. The van der Waals surface area contributed by atoms with Crippen molar-refractivity contribution in [2.75, 3.05) is 13.6 Å². The summed E-state index contributed by atoms with van der Waals surface area (Å²) in [5.41, 5.74) is 0. The molecule has 1 aliphatic heterocycles. The third kappa shape index (κ3) is 3.33. The fraction of sp³-hybridized carbons (Fsp3) is 0.714. The molecule has 1 saturated heterocycles. The third-order valence-electron chi connectivity index (χ3n) is 3.67. The number of likely N-dealkylation sites (tertiary alicyclic amines) is 1. The molecule has 3 heteroatoms. The van der Waals surface area contributed by atoms with Crippen LogP contribution >= 0.6 is 0 Å². The van der Waals surface area contributed by atoms with Crippen molar-refractivity contribution in [2.45, 2.75) is 45.8 Å². The van der Waals surface area contributed by atoms with Gasteiger partial charge in [0.25, 0.3) is 0 Å². The summed E-state index contributed by atoms with van der Waals surface area (Å²) in [6, 6.07) is 4.87. The van der Waals surface area contributed by atoms with Crippen LogP contribution in [0.15, 0.2) is 16.5 Å². The van der Waals surface area contributed by atoms with Crippen LogP contribution in [0, 0.1) is 5.92 Å². The van der Waals surface area contributed by atoms with E-state index in [0.29, 0.717) is 6.04 Å². The zero-order valence-corrected chi connectivity index (χ0v) is 11.2. The van der Waals surface area contributed by atoms with Gasteiger partial charge in [0, 0.05) is 12.6 Å². The predicted molar refractivity (Wildman–Crippen MR) is 69.7 cm³/mol. The molecule has 17 heavy (non-hydrogen) atoms. The zero-order valence-electron chi connectivity index (χ0n) is 11.2. The molecule has 1 aromatic heterocycles. The first-order valence-electron chi connectivity index (χ1n) is 6.65. The lowest BCUT2D eigenvalue weighted by atomic mass is 9.95. The van der Waals surface area contributed by atoms with E-state index in [1.54, 1.807) is 0 Å². The second-order valence-corrected chi connectivity index (χ2v) is 5.36. The molecule has 2 atom stereocenters. The van der Waals surface area contributed by atoms with E-state index in [0.717, 1.165) is 30.5 Å². The zero-order chi connectivity index (χ0) is 12.3. The van der Waals surface area contributed by atoms with E-state index >= 15 is 0 Å². The first-order valence-corrected chi connectivity index (χ1v) is 6.65. The summed E-state index contributed by atoms with van der Waals surface area (Å²) in [6.07, 6.45) is 2.67.